The summed E-state index contributed by atoms with van der Waals surface area (Å²) in [6.45, 7) is 4.70. The number of nitrogens with one attached hydrogen (secondary N) is 1. The summed E-state index contributed by atoms with van der Waals surface area (Å²) in [5.41, 5.74) is 0. The molecule has 0 aromatic rings. The Bertz CT molecular complexity index is 113. The lowest BCUT2D eigenvalue weighted by atomic mass is 10.2. The highest BCUT2D eigenvalue weighted by Gasteiger charge is 2.14. The molecule has 0 amide bonds. The van der Waals surface area contributed by atoms with E-state index < -0.39 is 0 Å². The highest BCUT2D eigenvalue weighted by atomic mass is 16.5. The monoisotopic (exact) mass is 173 g/mol. The van der Waals surface area contributed by atoms with Crippen LogP contribution in [0.4, 0.5) is 0 Å². The molecule has 0 aromatic carbocycles. The minimum Gasteiger partial charge on any atom is -0.382 e. The summed E-state index contributed by atoms with van der Waals surface area (Å²) in [6, 6.07) is 0.573. The van der Waals surface area contributed by atoms with Gasteiger partial charge in [0.1, 0.15) is 0 Å². The number of hydrogen-bond donors (Lipinski definition) is 1. The Morgan fingerprint density at radius 3 is 3.00 bits per heavy atom. The fourth-order valence-corrected chi connectivity index (χ4v) is 1.46. The molecule has 12 heavy (non-hydrogen) atoms. The molecule has 1 N–H and O–H groups in total. The number of methoxy groups -OCH3 is 1. The molecule has 2 atom stereocenters. The molecule has 0 aromatic heterocycles. The summed E-state index contributed by atoms with van der Waals surface area (Å²) in [5.74, 6) is 0. The third kappa shape index (κ3) is 3.52. The first-order chi connectivity index (χ1) is 5.83. The first kappa shape index (κ1) is 9.96. The van der Waals surface area contributed by atoms with Crippen LogP contribution in [0.25, 0.3) is 0 Å². The van der Waals surface area contributed by atoms with Gasteiger partial charge in [0, 0.05) is 13.2 Å². The molecule has 1 saturated heterocycles. The van der Waals surface area contributed by atoms with Gasteiger partial charge in [0.15, 0.2) is 0 Å². The van der Waals surface area contributed by atoms with Crippen LogP contribution in [0.3, 0.4) is 0 Å². The maximum Gasteiger partial charge on any atom is 0.0781 e. The van der Waals surface area contributed by atoms with Gasteiger partial charge in [0.2, 0.25) is 0 Å². The van der Waals surface area contributed by atoms with Crippen molar-refractivity contribution in [3.63, 3.8) is 0 Å². The van der Waals surface area contributed by atoms with Crippen LogP contribution in [0.1, 0.15) is 19.8 Å². The zero-order valence-corrected chi connectivity index (χ0v) is 8.01. The highest BCUT2D eigenvalue weighted by Crippen LogP contribution is 2.06. The van der Waals surface area contributed by atoms with Crippen molar-refractivity contribution in [3.05, 3.63) is 0 Å². The summed E-state index contributed by atoms with van der Waals surface area (Å²) in [4.78, 5) is 0. The summed E-state index contributed by atoms with van der Waals surface area (Å²) >= 11 is 0. The van der Waals surface area contributed by atoms with E-state index in [1.807, 2.05) is 6.92 Å². The zero-order valence-electron chi connectivity index (χ0n) is 8.01. The Morgan fingerprint density at radius 1 is 1.58 bits per heavy atom. The molecule has 2 unspecified atom stereocenters. The van der Waals surface area contributed by atoms with Crippen molar-refractivity contribution in [1.29, 1.82) is 0 Å². The largest absolute Gasteiger partial charge is 0.382 e. The van der Waals surface area contributed by atoms with Crippen molar-refractivity contribution >= 4 is 0 Å². The molecule has 1 fully saturated rings. The molecule has 1 aliphatic rings. The second-order valence-electron chi connectivity index (χ2n) is 3.39. The molecular formula is C9H19NO2. The quantitative estimate of drug-likeness (QED) is 0.666. The summed E-state index contributed by atoms with van der Waals surface area (Å²) < 4.78 is 10.6. The first-order valence-electron chi connectivity index (χ1n) is 4.67. The van der Waals surface area contributed by atoms with E-state index in [4.69, 9.17) is 9.47 Å². The molecule has 0 saturated carbocycles. The van der Waals surface area contributed by atoms with E-state index in [-0.39, 0.29) is 6.10 Å². The van der Waals surface area contributed by atoms with Crippen LogP contribution < -0.4 is 5.32 Å². The maximum absolute atomic E-state index is 5.58. The lowest BCUT2D eigenvalue weighted by Crippen LogP contribution is -2.29. The van der Waals surface area contributed by atoms with Gasteiger partial charge in [-0.3, -0.25) is 0 Å². The lowest BCUT2D eigenvalue weighted by Gasteiger charge is -2.15. The fourth-order valence-electron chi connectivity index (χ4n) is 1.46. The minimum atomic E-state index is 0.220. The molecular weight excluding hydrogens is 154 g/mol. The van der Waals surface area contributed by atoms with Crippen LogP contribution in [0.5, 0.6) is 0 Å². The van der Waals surface area contributed by atoms with Crippen molar-refractivity contribution in [3.8, 4) is 0 Å². The van der Waals surface area contributed by atoms with E-state index in [0.717, 1.165) is 13.2 Å². The van der Waals surface area contributed by atoms with Crippen molar-refractivity contribution in [2.45, 2.75) is 31.9 Å². The number of hydrogen-bond acceptors (Lipinski definition) is 3. The smallest absolute Gasteiger partial charge is 0.0781 e. The Balaban J connectivity index is 1.99. The summed E-state index contributed by atoms with van der Waals surface area (Å²) in [7, 11) is 1.70. The maximum atomic E-state index is 5.58. The van der Waals surface area contributed by atoms with Crippen molar-refractivity contribution < 1.29 is 9.47 Å². The van der Waals surface area contributed by atoms with Crippen molar-refractivity contribution in [2.75, 3.05) is 26.9 Å². The SMILES string of the molecule is COCC(C)OCC1CCCN1. The van der Waals surface area contributed by atoms with Crippen LogP contribution in [0.2, 0.25) is 0 Å². The van der Waals surface area contributed by atoms with E-state index in [2.05, 4.69) is 5.32 Å². The average molecular weight is 173 g/mol. The van der Waals surface area contributed by atoms with E-state index in [1.165, 1.54) is 12.8 Å². The molecule has 0 aliphatic carbocycles. The van der Waals surface area contributed by atoms with E-state index in [9.17, 15) is 0 Å². The predicted molar refractivity (Wildman–Crippen MR) is 48.3 cm³/mol. The first-order valence-corrected chi connectivity index (χ1v) is 4.67. The molecule has 0 bridgehead atoms. The zero-order chi connectivity index (χ0) is 8.81. The van der Waals surface area contributed by atoms with Gasteiger partial charge in [-0.1, -0.05) is 0 Å². The third-order valence-corrected chi connectivity index (χ3v) is 2.15. The van der Waals surface area contributed by atoms with Crippen LogP contribution in [-0.4, -0.2) is 39.0 Å². The average Bonchev–Trinajstić information content (AvgIpc) is 2.53. The van der Waals surface area contributed by atoms with Gasteiger partial charge in [-0.15, -0.1) is 0 Å². The van der Waals surface area contributed by atoms with E-state index >= 15 is 0 Å². The van der Waals surface area contributed by atoms with Crippen LogP contribution in [-0.2, 0) is 9.47 Å². The van der Waals surface area contributed by atoms with Gasteiger partial charge in [0.05, 0.1) is 19.3 Å². The minimum absolute atomic E-state index is 0.220. The second-order valence-corrected chi connectivity index (χ2v) is 3.39. The summed E-state index contributed by atoms with van der Waals surface area (Å²) in [6.07, 6.45) is 2.75. The van der Waals surface area contributed by atoms with Gasteiger partial charge in [0.25, 0.3) is 0 Å². The highest BCUT2D eigenvalue weighted by molar-refractivity contribution is 4.73. The Labute approximate surface area is 74.4 Å². The van der Waals surface area contributed by atoms with Gasteiger partial charge < -0.3 is 14.8 Å². The Hall–Kier alpha value is -0.120. The molecule has 3 nitrogen and oxygen atoms in total. The number of ether oxygens (including phenoxy) is 2. The van der Waals surface area contributed by atoms with Gasteiger partial charge >= 0.3 is 0 Å². The molecule has 0 spiro atoms. The normalized spacial score (nSPS) is 26.0. The third-order valence-electron chi connectivity index (χ3n) is 2.15. The van der Waals surface area contributed by atoms with Crippen LogP contribution >= 0.6 is 0 Å². The molecule has 1 heterocycles. The molecule has 1 rings (SSSR count). The van der Waals surface area contributed by atoms with Gasteiger partial charge in [-0.2, -0.15) is 0 Å². The predicted octanol–water partition coefficient (Wildman–Crippen LogP) is 0.790. The Morgan fingerprint density at radius 2 is 2.42 bits per heavy atom. The molecule has 1 aliphatic heterocycles. The fraction of sp³-hybridized carbons (Fsp3) is 1.00. The van der Waals surface area contributed by atoms with E-state index in [0.29, 0.717) is 12.6 Å². The molecule has 72 valence electrons. The Kier molecular flexibility index (Phi) is 4.58. The van der Waals surface area contributed by atoms with Crippen LogP contribution in [0.15, 0.2) is 0 Å². The summed E-state index contributed by atoms with van der Waals surface area (Å²) in [5, 5.41) is 3.39. The lowest BCUT2D eigenvalue weighted by molar-refractivity contribution is 0.00165. The number of rotatable bonds is 5. The van der Waals surface area contributed by atoms with Crippen LogP contribution in [0, 0.1) is 0 Å². The molecule has 0 radical (unpaired) electrons. The van der Waals surface area contributed by atoms with E-state index in [1.54, 1.807) is 7.11 Å². The molecule has 3 heteroatoms. The standard InChI is InChI=1S/C9H19NO2/c1-8(6-11-2)12-7-9-4-3-5-10-9/h8-10H,3-7H2,1-2H3. The van der Waals surface area contributed by atoms with Crippen molar-refractivity contribution in [1.82, 2.24) is 5.32 Å². The van der Waals surface area contributed by atoms with Gasteiger partial charge in [-0.25, -0.2) is 0 Å². The van der Waals surface area contributed by atoms with Gasteiger partial charge in [-0.05, 0) is 26.3 Å². The second kappa shape index (κ2) is 5.51. The van der Waals surface area contributed by atoms with Crippen molar-refractivity contribution in [2.24, 2.45) is 0 Å². The topological polar surface area (TPSA) is 30.5 Å².